The van der Waals surface area contributed by atoms with Gasteiger partial charge in [-0.25, -0.2) is 5.43 Å². The maximum absolute atomic E-state index is 11.3. The van der Waals surface area contributed by atoms with Crippen LogP contribution < -0.4 is 11.0 Å². The minimum absolute atomic E-state index is 0.184. The topological polar surface area (TPSA) is 83.0 Å². The fourth-order valence-electron chi connectivity index (χ4n) is 1.20. The van der Waals surface area contributed by atoms with E-state index in [0.29, 0.717) is 10.7 Å². The van der Waals surface area contributed by atoms with Gasteiger partial charge in [0.1, 0.15) is 5.69 Å². The van der Waals surface area contributed by atoms with Crippen LogP contribution in [0.2, 0.25) is 5.02 Å². The molecule has 0 aliphatic carbocycles. The van der Waals surface area contributed by atoms with Gasteiger partial charge in [0, 0.05) is 5.02 Å². The first-order valence-corrected chi connectivity index (χ1v) is 5.51. The Balaban J connectivity index is 2.07. The van der Waals surface area contributed by atoms with Crippen molar-refractivity contribution < 1.29 is 0 Å². The number of aryl methyl sites for hydroxylation is 1. The molecule has 1 aromatic heterocycles. The molecule has 0 spiro atoms. The number of nitrogens with one attached hydrogen (secondary N) is 2. The molecule has 0 saturated carbocycles. The fourth-order valence-corrected chi connectivity index (χ4v) is 1.40. The number of aromatic nitrogens is 3. The summed E-state index contributed by atoms with van der Waals surface area (Å²) in [7, 11) is 0. The number of hydrogen-bond donors (Lipinski definition) is 2. The lowest BCUT2D eigenvalue weighted by Crippen LogP contribution is -2.15. The molecular formula is C11H10ClN5O. The van der Waals surface area contributed by atoms with Crippen LogP contribution in [0.25, 0.3) is 0 Å². The summed E-state index contributed by atoms with van der Waals surface area (Å²) in [5, 5.41) is 11.9. The lowest BCUT2D eigenvalue weighted by atomic mass is 10.2. The summed E-state index contributed by atoms with van der Waals surface area (Å²) in [4.78, 5) is 13.7. The molecule has 0 fully saturated rings. The van der Waals surface area contributed by atoms with Gasteiger partial charge in [0.2, 0.25) is 5.95 Å². The predicted octanol–water partition coefficient (Wildman–Crippen LogP) is 1.57. The van der Waals surface area contributed by atoms with Crippen molar-refractivity contribution in [2.24, 2.45) is 5.10 Å². The van der Waals surface area contributed by atoms with E-state index in [1.165, 1.54) is 0 Å². The molecule has 0 saturated heterocycles. The highest BCUT2D eigenvalue weighted by atomic mass is 35.5. The number of H-pyrrole nitrogens is 1. The highest BCUT2D eigenvalue weighted by molar-refractivity contribution is 6.30. The zero-order chi connectivity index (χ0) is 13.0. The molecule has 0 unspecified atom stereocenters. The summed E-state index contributed by atoms with van der Waals surface area (Å²) in [6, 6.07) is 7.20. The number of aromatic amines is 1. The first-order valence-electron chi connectivity index (χ1n) is 5.13. The smallest absolute Gasteiger partial charge is 0.274 e. The van der Waals surface area contributed by atoms with Gasteiger partial charge < -0.3 is 0 Å². The van der Waals surface area contributed by atoms with Gasteiger partial charge in [0.05, 0.1) is 6.21 Å². The molecule has 6 nitrogen and oxygen atoms in total. The maximum atomic E-state index is 11.3. The lowest BCUT2D eigenvalue weighted by molar-refractivity contribution is 0.897. The minimum atomic E-state index is -0.301. The van der Waals surface area contributed by atoms with E-state index >= 15 is 0 Å². The van der Waals surface area contributed by atoms with Crippen LogP contribution in [0.1, 0.15) is 11.3 Å². The number of rotatable bonds is 3. The summed E-state index contributed by atoms with van der Waals surface area (Å²) < 4.78 is 0. The summed E-state index contributed by atoms with van der Waals surface area (Å²) in [6.45, 7) is 1.57. The average molecular weight is 264 g/mol. The van der Waals surface area contributed by atoms with Crippen LogP contribution in [-0.2, 0) is 0 Å². The summed E-state index contributed by atoms with van der Waals surface area (Å²) in [5.74, 6) is 0.184. The van der Waals surface area contributed by atoms with Gasteiger partial charge in [0.25, 0.3) is 5.56 Å². The largest absolute Gasteiger partial charge is 0.288 e. The fraction of sp³-hybridized carbons (Fsp3) is 0.0909. The molecule has 0 radical (unpaired) electrons. The van der Waals surface area contributed by atoms with E-state index in [-0.39, 0.29) is 11.5 Å². The van der Waals surface area contributed by atoms with Gasteiger partial charge in [-0.2, -0.15) is 5.10 Å². The molecule has 1 heterocycles. The average Bonchev–Trinajstić information content (AvgIpc) is 2.34. The van der Waals surface area contributed by atoms with E-state index < -0.39 is 0 Å². The van der Waals surface area contributed by atoms with Crippen LogP contribution in [0.4, 0.5) is 5.95 Å². The molecule has 2 rings (SSSR count). The van der Waals surface area contributed by atoms with E-state index in [0.717, 1.165) is 5.56 Å². The van der Waals surface area contributed by atoms with Crippen molar-refractivity contribution in [3.8, 4) is 0 Å². The number of hydrazone groups is 1. The molecule has 0 aliphatic rings. The second-order valence-electron chi connectivity index (χ2n) is 3.51. The predicted molar refractivity (Wildman–Crippen MR) is 70.1 cm³/mol. The Bertz CT molecular complexity index is 637. The molecule has 0 aliphatic heterocycles. The zero-order valence-electron chi connectivity index (χ0n) is 9.51. The second-order valence-corrected chi connectivity index (χ2v) is 3.95. The standard InChI is InChI=1S/C11H10ClN5O/c1-7-10(18)14-11(17-15-7)16-13-6-8-3-2-4-9(12)5-8/h2-6H,1H3,(H2,14,16,17,18)/b13-6-. The van der Waals surface area contributed by atoms with E-state index in [1.54, 1.807) is 25.3 Å². The van der Waals surface area contributed by atoms with E-state index in [2.05, 4.69) is 25.7 Å². The van der Waals surface area contributed by atoms with Crippen molar-refractivity contribution in [3.63, 3.8) is 0 Å². The highest BCUT2D eigenvalue weighted by Crippen LogP contribution is 2.08. The van der Waals surface area contributed by atoms with E-state index in [1.807, 2.05) is 12.1 Å². The molecular weight excluding hydrogens is 254 g/mol. The minimum Gasteiger partial charge on any atom is -0.288 e. The number of anilines is 1. The molecule has 0 bridgehead atoms. The third-order valence-electron chi connectivity index (χ3n) is 2.09. The van der Waals surface area contributed by atoms with Crippen molar-refractivity contribution >= 4 is 23.8 Å². The number of nitrogens with zero attached hydrogens (tertiary/aromatic N) is 3. The van der Waals surface area contributed by atoms with Crippen molar-refractivity contribution in [2.45, 2.75) is 6.92 Å². The normalized spacial score (nSPS) is 10.8. The Morgan fingerprint density at radius 2 is 2.28 bits per heavy atom. The molecule has 2 N–H and O–H groups in total. The number of benzene rings is 1. The molecule has 0 amide bonds. The molecule has 0 atom stereocenters. The molecule has 92 valence electrons. The van der Waals surface area contributed by atoms with Crippen LogP contribution in [0.3, 0.4) is 0 Å². The van der Waals surface area contributed by atoms with Crippen molar-refractivity contribution in [1.29, 1.82) is 0 Å². The first-order chi connectivity index (χ1) is 8.65. The van der Waals surface area contributed by atoms with Gasteiger partial charge >= 0.3 is 0 Å². The first kappa shape index (κ1) is 12.3. The lowest BCUT2D eigenvalue weighted by Gasteiger charge is -1.98. The van der Waals surface area contributed by atoms with Crippen LogP contribution in [0.5, 0.6) is 0 Å². The second kappa shape index (κ2) is 5.42. The zero-order valence-corrected chi connectivity index (χ0v) is 10.3. The van der Waals surface area contributed by atoms with Crippen molar-refractivity contribution in [1.82, 2.24) is 15.2 Å². The van der Waals surface area contributed by atoms with Gasteiger partial charge in [-0.15, -0.1) is 10.2 Å². The Labute approximate surface area is 108 Å². The summed E-state index contributed by atoms with van der Waals surface area (Å²) in [6.07, 6.45) is 1.56. The molecule has 7 heteroatoms. The third kappa shape index (κ3) is 3.14. The van der Waals surface area contributed by atoms with Gasteiger partial charge in [-0.3, -0.25) is 9.78 Å². The van der Waals surface area contributed by atoms with Crippen LogP contribution >= 0.6 is 11.6 Å². The Morgan fingerprint density at radius 3 is 3.00 bits per heavy atom. The summed E-state index contributed by atoms with van der Waals surface area (Å²) in [5.41, 5.74) is 3.41. The quantitative estimate of drug-likeness (QED) is 0.650. The third-order valence-corrected chi connectivity index (χ3v) is 2.33. The van der Waals surface area contributed by atoms with E-state index in [4.69, 9.17) is 11.6 Å². The summed E-state index contributed by atoms with van der Waals surface area (Å²) >= 11 is 5.83. The maximum Gasteiger partial charge on any atom is 0.274 e. The van der Waals surface area contributed by atoms with Gasteiger partial charge in [0.15, 0.2) is 0 Å². The molecule has 1 aromatic carbocycles. The van der Waals surface area contributed by atoms with Crippen LogP contribution in [0, 0.1) is 6.92 Å². The Morgan fingerprint density at radius 1 is 1.44 bits per heavy atom. The van der Waals surface area contributed by atoms with E-state index in [9.17, 15) is 4.79 Å². The molecule has 18 heavy (non-hydrogen) atoms. The van der Waals surface area contributed by atoms with Gasteiger partial charge in [-0.05, 0) is 24.6 Å². The molecule has 2 aromatic rings. The van der Waals surface area contributed by atoms with Crippen LogP contribution in [-0.4, -0.2) is 21.4 Å². The van der Waals surface area contributed by atoms with Gasteiger partial charge in [-0.1, -0.05) is 23.7 Å². The Hall–Kier alpha value is -2.21. The number of halogens is 1. The monoisotopic (exact) mass is 263 g/mol. The van der Waals surface area contributed by atoms with Crippen molar-refractivity contribution in [3.05, 3.63) is 50.9 Å². The Kier molecular flexibility index (Phi) is 3.69. The number of hydrogen-bond acceptors (Lipinski definition) is 5. The van der Waals surface area contributed by atoms with Crippen molar-refractivity contribution in [2.75, 3.05) is 5.43 Å². The highest BCUT2D eigenvalue weighted by Gasteiger charge is 1.97. The SMILES string of the molecule is Cc1nnc(N/N=C\c2cccc(Cl)c2)[nH]c1=O. The van der Waals surface area contributed by atoms with Crippen LogP contribution in [0.15, 0.2) is 34.2 Å².